The molecule has 0 aromatic carbocycles. The molecular weight excluding hydrogens is 263 g/mol. The SMILES string of the molecule is CCP(=O)(OCCOCCO)OCCOCCO. The smallest absolute Gasteiger partial charge is 0.330 e. The average molecular weight is 286 g/mol. The van der Waals surface area contributed by atoms with Crippen LogP contribution in [0.5, 0.6) is 0 Å². The van der Waals surface area contributed by atoms with Gasteiger partial charge in [-0.2, -0.15) is 0 Å². The molecule has 0 radical (unpaired) electrons. The van der Waals surface area contributed by atoms with Crippen molar-refractivity contribution < 1.29 is 33.3 Å². The zero-order valence-corrected chi connectivity index (χ0v) is 11.6. The first-order valence-corrected chi connectivity index (χ1v) is 7.66. The lowest BCUT2D eigenvalue weighted by Gasteiger charge is -2.17. The molecule has 0 bridgehead atoms. The molecule has 2 N–H and O–H groups in total. The van der Waals surface area contributed by atoms with Crippen molar-refractivity contribution in [3.05, 3.63) is 0 Å². The van der Waals surface area contributed by atoms with Gasteiger partial charge in [-0.1, -0.05) is 6.92 Å². The van der Waals surface area contributed by atoms with Gasteiger partial charge in [0.25, 0.3) is 0 Å². The van der Waals surface area contributed by atoms with Crippen molar-refractivity contribution in [1.82, 2.24) is 0 Å². The molecule has 0 aromatic heterocycles. The van der Waals surface area contributed by atoms with Crippen LogP contribution in [0.15, 0.2) is 0 Å². The summed E-state index contributed by atoms with van der Waals surface area (Å²) in [7, 11) is -3.08. The summed E-state index contributed by atoms with van der Waals surface area (Å²) in [4.78, 5) is 0. The number of aliphatic hydroxyl groups excluding tert-OH is 2. The van der Waals surface area contributed by atoms with E-state index in [-0.39, 0.29) is 59.0 Å². The minimum Gasteiger partial charge on any atom is -0.394 e. The van der Waals surface area contributed by atoms with Gasteiger partial charge < -0.3 is 28.7 Å². The normalized spacial score (nSPS) is 11.9. The van der Waals surface area contributed by atoms with Gasteiger partial charge in [0.2, 0.25) is 0 Å². The van der Waals surface area contributed by atoms with Crippen LogP contribution < -0.4 is 0 Å². The van der Waals surface area contributed by atoms with Crippen LogP contribution in [0.4, 0.5) is 0 Å². The van der Waals surface area contributed by atoms with Gasteiger partial charge in [-0.05, 0) is 0 Å². The molecule has 0 aliphatic rings. The molecule has 0 aliphatic carbocycles. The summed E-state index contributed by atoms with van der Waals surface area (Å²) in [6.07, 6.45) is 0.271. The van der Waals surface area contributed by atoms with Crippen LogP contribution in [0.25, 0.3) is 0 Å². The Morgan fingerprint density at radius 2 is 1.28 bits per heavy atom. The third kappa shape index (κ3) is 9.96. The first-order valence-electron chi connectivity index (χ1n) is 5.94. The predicted molar refractivity (Wildman–Crippen MR) is 65.9 cm³/mol. The maximum atomic E-state index is 12.0. The van der Waals surface area contributed by atoms with Gasteiger partial charge in [0.05, 0.1) is 52.9 Å². The highest BCUT2D eigenvalue weighted by Gasteiger charge is 2.21. The molecule has 18 heavy (non-hydrogen) atoms. The number of hydrogen-bond donors (Lipinski definition) is 2. The van der Waals surface area contributed by atoms with E-state index >= 15 is 0 Å². The van der Waals surface area contributed by atoms with E-state index in [2.05, 4.69) is 0 Å². The molecule has 0 aromatic rings. The van der Waals surface area contributed by atoms with Crippen LogP contribution in [0.1, 0.15) is 6.92 Å². The summed E-state index contributed by atoms with van der Waals surface area (Å²) >= 11 is 0. The van der Waals surface area contributed by atoms with Crippen molar-refractivity contribution >= 4 is 7.60 Å². The molecule has 0 spiro atoms. The lowest BCUT2D eigenvalue weighted by molar-refractivity contribution is 0.0528. The molecule has 0 saturated heterocycles. The van der Waals surface area contributed by atoms with E-state index < -0.39 is 7.60 Å². The monoisotopic (exact) mass is 286 g/mol. The number of aliphatic hydroxyl groups is 2. The summed E-state index contributed by atoms with van der Waals surface area (Å²) in [5.74, 6) is 0. The van der Waals surface area contributed by atoms with Crippen molar-refractivity contribution in [3.63, 3.8) is 0 Å². The molecule has 0 aliphatic heterocycles. The molecule has 110 valence electrons. The zero-order valence-electron chi connectivity index (χ0n) is 10.7. The summed E-state index contributed by atoms with van der Waals surface area (Å²) in [6.45, 7) is 2.90. The van der Waals surface area contributed by atoms with E-state index in [1.54, 1.807) is 6.92 Å². The quantitative estimate of drug-likeness (QED) is 0.370. The van der Waals surface area contributed by atoms with Gasteiger partial charge in [-0.25, -0.2) is 0 Å². The highest BCUT2D eigenvalue weighted by Crippen LogP contribution is 2.47. The third-order valence-electron chi connectivity index (χ3n) is 1.89. The Morgan fingerprint density at radius 1 is 0.833 bits per heavy atom. The summed E-state index contributed by atoms with van der Waals surface area (Å²) in [5.41, 5.74) is 0. The Morgan fingerprint density at radius 3 is 1.61 bits per heavy atom. The Kier molecular flexibility index (Phi) is 12.0. The fraction of sp³-hybridized carbons (Fsp3) is 1.00. The minimum atomic E-state index is -3.08. The minimum absolute atomic E-state index is 0.0515. The second kappa shape index (κ2) is 12.0. The fourth-order valence-corrected chi connectivity index (χ4v) is 2.17. The molecule has 0 unspecified atom stereocenters. The van der Waals surface area contributed by atoms with Crippen molar-refractivity contribution in [1.29, 1.82) is 0 Å². The van der Waals surface area contributed by atoms with E-state index in [9.17, 15) is 4.57 Å². The van der Waals surface area contributed by atoms with Gasteiger partial charge in [0.1, 0.15) is 0 Å². The molecule has 8 heteroatoms. The number of hydrogen-bond acceptors (Lipinski definition) is 7. The topological polar surface area (TPSA) is 94.5 Å². The van der Waals surface area contributed by atoms with E-state index in [1.807, 2.05) is 0 Å². The Bertz CT molecular complexity index is 206. The van der Waals surface area contributed by atoms with E-state index in [0.717, 1.165) is 0 Å². The van der Waals surface area contributed by atoms with E-state index in [0.29, 0.717) is 0 Å². The van der Waals surface area contributed by atoms with Crippen molar-refractivity contribution in [2.24, 2.45) is 0 Å². The van der Waals surface area contributed by atoms with Gasteiger partial charge in [0.15, 0.2) is 0 Å². The highest BCUT2D eigenvalue weighted by atomic mass is 31.2. The number of rotatable bonds is 13. The molecule has 0 rings (SSSR count). The second-order valence-corrected chi connectivity index (χ2v) is 5.64. The van der Waals surface area contributed by atoms with E-state index in [4.69, 9.17) is 28.7 Å². The van der Waals surface area contributed by atoms with Crippen LogP contribution in [0.3, 0.4) is 0 Å². The van der Waals surface area contributed by atoms with Gasteiger partial charge in [-0.3, -0.25) is 4.57 Å². The first kappa shape index (κ1) is 18.0. The molecule has 0 atom stereocenters. The van der Waals surface area contributed by atoms with Gasteiger partial charge >= 0.3 is 7.60 Å². The summed E-state index contributed by atoms with van der Waals surface area (Å²) in [6, 6.07) is 0. The molecule has 0 fully saturated rings. The maximum absolute atomic E-state index is 12.0. The van der Waals surface area contributed by atoms with Crippen molar-refractivity contribution in [3.8, 4) is 0 Å². The average Bonchev–Trinajstić information content (AvgIpc) is 2.38. The Labute approximate surface area is 108 Å². The van der Waals surface area contributed by atoms with Gasteiger partial charge in [0, 0.05) is 6.16 Å². The van der Waals surface area contributed by atoms with Crippen LogP contribution in [-0.4, -0.2) is 69.2 Å². The van der Waals surface area contributed by atoms with Crippen LogP contribution >= 0.6 is 7.60 Å². The third-order valence-corrected chi connectivity index (χ3v) is 3.82. The lowest BCUT2D eigenvalue weighted by atomic mass is 10.7. The molecule has 0 heterocycles. The maximum Gasteiger partial charge on any atom is 0.330 e. The van der Waals surface area contributed by atoms with Crippen LogP contribution in [-0.2, 0) is 23.1 Å². The zero-order chi connectivity index (χ0) is 13.7. The molecule has 0 amide bonds. The lowest BCUT2D eigenvalue weighted by Crippen LogP contribution is -2.10. The molecular formula is C10H23O7P. The number of ether oxygens (including phenoxy) is 2. The summed E-state index contributed by atoms with van der Waals surface area (Å²) in [5, 5.41) is 17.0. The highest BCUT2D eigenvalue weighted by molar-refractivity contribution is 7.53. The second-order valence-electron chi connectivity index (χ2n) is 3.27. The van der Waals surface area contributed by atoms with Crippen molar-refractivity contribution in [2.75, 3.05) is 59.0 Å². The molecule has 7 nitrogen and oxygen atoms in total. The predicted octanol–water partition coefficient (Wildman–Crippen LogP) is 0.250. The fourth-order valence-electron chi connectivity index (χ4n) is 1.02. The first-order chi connectivity index (χ1) is 8.68. The van der Waals surface area contributed by atoms with Gasteiger partial charge in [-0.15, -0.1) is 0 Å². The largest absolute Gasteiger partial charge is 0.394 e. The Hall–Kier alpha value is -0.0100. The van der Waals surface area contributed by atoms with Crippen LogP contribution in [0, 0.1) is 0 Å². The van der Waals surface area contributed by atoms with Crippen molar-refractivity contribution in [2.45, 2.75) is 6.92 Å². The summed E-state index contributed by atoms with van der Waals surface area (Å²) < 4.78 is 32.3. The standard InChI is InChI=1S/C10H23O7P/c1-2-18(13,16-9-7-14-5-3-11)17-10-8-15-6-4-12/h11-12H,2-10H2,1H3. The Balaban J connectivity index is 3.64. The van der Waals surface area contributed by atoms with Crippen LogP contribution in [0.2, 0.25) is 0 Å². The molecule has 0 saturated carbocycles. The van der Waals surface area contributed by atoms with E-state index in [1.165, 1.54) is 0 Å².